The summed E-state index contributed by atoms with van der Waals surface area (Å²) in [7, 11) is 0. The first-order chi connectivity index (χ1) is 7.31. The van der Waals surface area contributed by atoms with E-state index in [0.29, 0.717) is 12.0 Å². The van der Waals surface area contributed by atoms with Crippen LogP contribution >= 0.6 is 0 Å². The van der Waals surface area contributed by atoms with Crippen molar-refractivity contribution in [1.29, 1.82) is 0 Å². The Hall–Kier alpha value is -0.890. The average molecular weight is 204 g/mol. The zero-order valence-electron chi connectivity index (χ0n) is 9.66. The molecule has 1 aliphatic rings. The van der Waals surface area contributed by atoms with E-state index < -0.39 is 0 Å². The fraction of sp³-hybridized carbons (Fsp3) is 0.615. The number of aryl methyl sites for hydroxylation is 1. The number of hydrogen-bond acceptors (Lipinski definition) is 2. The zero-order chi connectivity index (χ0) is 10.7. The van der Waals surface area contributed by atoms with Crippen LogP contribution in [-0.4, -0.2) is 17.6 Å². The van der Waals surface area contributed by atoms with Crippen molar-refractivity contribution in [3.63, 3.8) is 0 Å². The molecule has 0 radical (unpaired) electrons. The predicted molar refractivity (Wildman–Crippen MR) is 63.0 cm³/mol. The second-order valence-corrected chi connectivity index (χ2v) is 4.43. The van der Waals surface area contributed by atoms with Crippen LogP contribution in [0.15, 0.2) is 18.3 Å². The number of rotatable bonds is 3. The molecule has 1 N–H and O–H groups in total. The Labute approximate surface area is 92.1 Å². The van der Waals surface area contributed by atoms with Gasteiger partial charge in [0.15, 0.2) is 0 Å². The van der Waals surface area contributed by atoms with Gasteiger partial charge in [-0.25, -0.2) is 0 Å². The Balaban J connectivity index is 2.11. The Morgan fingerprint density at radius 3 is 2.93 bits per heavy atom. The third kappa shape index (κ3) is 2.37. The summed E-state index contributed by atoms with van der Waals surface area (Å²) in [5.41, 5.74) is 2.51. The molecule has 0 spiro atoms. The first-order valence-corrected chi connectivity index (χ1v) is 5.97. The van der Waals surface area contributed by atoms with Crippen molar-refractivity contribution < 1.29 is 0 Å². The van der Waals surface area contributed by atoms with Crippen LogP contribution in [0.5, 0.6) is 0 Å². The van der Waals surface area contributed by atoms with Gasteiger partial charge in [0.2, 0.25) is 0 Å². The first kappa shape index (κ1) is 10.6. The van der Waals surface area contributed by atoms with Crippen molar-refractivity contribution in [2.24, 2.45) is 0 Å². The zero-order valence-corrected chi connectivity index (χ0v) is 9.66. The van der Waals surface area contributed by atoms with Crippen molar-refractivity contribution in [2.75, 3.05) is 6.54 Å². The highest BCUT2D eigenvalue weighted by Gasteiger charge is 2.27. The van der Waals surface area contributed by atoms with Gasteiger partial charge in [0.05, 0.1) is 0 Å². The van der Waals surface area contributed by atoms with Crippen molar-refractivity contribution in [2.45, 2.75) is 45.1 Å². The number of nitrogens with one attached hydrogen (secondary N) is 1. The van der Waals surface area contributed by atoms with E-state index in [1.54, 1.807) is 0 Å². The molecule has 1 fully saturated rings. The summed E-state index contributed by atoms with van der Waals surface area (Å²) >= 11 is 0. The molecule has 2 atom stereocenters. The van der Waals surface area contributed by atoms with Crippen LogP contribution in [0.1, 0.15) is 43.4 Å². The lowest BCUT2D eigenvalue weighted by molar-refractivity contribution is 0.492. The van der Waals surface area contributed by atoms with E-state index in [-0.39, 0.29) is 0 Å². The Kier molecular flexibility index (Phi) is 3.37. The molecule has 0 aliphatic heterocycles. The van der Waals surface area contributed by atoms with E-state index >= 15 is 0 Å². The second kappa shape index (κ2) is 4.75. The van der Waals surface area contributed by atoms with Gasteiger partial charge in [-0.2, -0.15) is 0 Å². The number of hydrogen-bond donors (Lipinski definition) is 1. The lowest BCUT2D eigenvalue weighted by atomic mass is 9.95. The van der Waals surface area contributed by atoms with Crippen molar-refractivity contribution in [3.05, 3.63) is 29.6 Å². The smallest absolute Gasteiger partial charge is 0.0372 e. The number of nitrogens with zero attached hydrogens (tertiary/aromatic N) is 1. The molecule has 1 aliphatic carbocycles. The van der Waals surface area contributed by atoms with Gasteiger partial charge in [-0.15, -0.1) is 0 Å². The van der Waals surface area contributed by atoms with Gasteiger partial charge in [0.1, 0.15) is 0 Å². The predicted octanol–water partition coefficient (Wildman–Crippen LogP) is 2.64. The number of aromatic nitrogens is 1. The molecule has 2 nitrogen and oxygen atoms in total. The van der Waals surface area contributed by atoms with Crippen molar-refractivity contribution in [1.82, 2.24) is 10.3 Å². The van der Waals surface area contributed by atoms with E-state index in [2.05, 4.69) is 35.6 Å². The monoisotopic (exact) mass is 204 g/mol. The number of pyridine rings is 1. The second-order valence-electron chi connectivity index (χ2n) is 4.43. The quantitative estimate of drug-likeness (QED) is 0.818. The Morgan fingerprint density at radius 2 is 2.27 bits per heavy atom. The molecule has 1 saturated carbocycles. The fourth-order valence-corrected chi connectivity index (χ4v) is 2.56. The lowest BCUT2D eigenvalue weighted by Crippen LogP contribution is -2.30. The highest BCUT2D eigenvalue weighted by Crippen LogP contribution is 2.34. The van der Waals surface area contributed by atoms with E-state index in [1.165, 1.54) is 24.8 Å². The molecule has 2 unspecified atom stereocenters. The summed E-state index contributed by atoms with van der Waals surface area (Å²) in [5.74, 6) is 0.679. The van der Waals surface area contributed by atoms with Crippen LogP contribution in [0.3, 0.4) is 0 Å². The van der Waals surface area contributed by atoms with Crippen LogP contribution in [0, 0.1) is 6.92 Å². The SMILES string of the molecule is CCNC1CCCC1c1ccc(C)nc1. The molecule has 2 heteroatoms. The van der Waals surface area contributed by atoms with Gasteiger partial charge in [-0.3, -0.25) is 4.98 Å². The molecule has 1 heterocycles. The normalized spacial score (nSPS) is 25.7. The maximum Gasteiger partial charge on any atom is 0.0372 e. The minimum Gasteiger partial charge on any atom is -0.314 e. The van der Waals surface area contributed by atoms with Gasteiger partial charge >= 0.3 is 0 Å². The molecule has 1 aromatic heterocycles. The molecule has 82 valence electrons. The molecule has 0 aromatic carbocycles. The van der Waals surface area contributed by atoms with E-state index in [9.17, 15) is 0 Å². The summed E-state index contributed by atoms with van der Waals surface area (Å²) in [5, 5.41) is 3.58. The number of likely N-dealkylation sites (N-methyl/N-ethyl adjacent to an activating group) is 1. The third-order valence-electron chi connectivity index (χ3n) is 3.34. The van der Waals surface area contributed by atoms with Gasteiger partial charge in [0, 0.05) is 23.9 Å². The molecule has 1 aromatic rings. The molecule has 2 rings (SSSR count). The molecule has 0 bridgehead atoms. The minimum absolute atomic E-state index is 0.666. The molecule has 0 saturated heterocycles. The van der Waals surface area contributed by atoms with E-state index in [1.807, 2.05) is 6.92 Å². The third-order valence-corrected chi connectivity index (χ3v) is 3.34. The van der Waals surface area contributed by atoms with Gasteiger partial charge in [-0.1, -0.05) is 19.4 Å². The van der Waals surface area contributed by atoms with E-state index in [0.717, 1.165) is 12.2 Å². The van der Waals surface area contributed by atoms with Crippen LogP contribution in [0.4, 0.5) is 0 Å². The van der Waals surface area contributed by atoms with E-state index in [4.69, 9.17) is 0 Å². The van der Waals surface area contributed by atoms with Crippen LogP contribution < -0.4 is 5.32 Å². The maximum absolute atomic E-state index is 4.39. The topological polar surface area (TPSA) is 24.9 Å². The van der Waals surface area contributed by atoms with Crippen LogP contribution in [0.2, 0.25) is 0 Å². The van der Waals surface area contributed by atoms with Crippen molar-refractivity contribution >= 4 is 0 Å². The summed E-state index contributed by atoms with van der Waals surface area (Å²) in [6.45, 7) is 5.30. The molecular formula is C13H20N2. The summed E-state index contributed by atoms with van der Waals surface area (Å²) in [4.78, 5) is 4.39. The largest absolute Gasteiger partial charge is 0.314 e. The van der Waals surface area contributed by atoms with Gasteiger partial charge in [0.25, 0.3) is 0 Å². The minimum atomic E-state index is 0.666. The summed E-state index contributed by atoms with van der Waals surface area (Å²) in [6, 6.07) is 5.03. The highest BCUT2D eigenvalue weighted by atomic mass is 14.9. The molecule has 15 heavy (non-hydrogen) atoms. The highest BCUT2D eigenvalue weighted by molar-refractivity contribution is 5.21. The summed E-state index contributed by atoms with van der Waals surface area (Å²) in [6.07, 6.45) is 6.01. The lowest BCUT2D eigenvalue weighted by Gasteiger charge is -2.20. The van der Waals surface area contributed by atoms with Gasteiger partial charge < -0.3 is 5.32 Å². The van der Waals surface area contributed by atoms with Crippen LogP contribution in [-0.2, 0) is 0 Å². The average Bonchev–Trinajstić information content (AvgIpc) is 2.68. The van der Waals surface area contributed by atoms with Gasteiger partial charge in [-0.05, 0) is 37.9 Å². The Bertz CT molecular complexity index is 305. The van der Waals surface area contributed by atoms with Crippen LogP contribution in [0.25, 0.3) is 0 Å². The van der Waals surface area contributed by atoms with Crippen molar-refractivity contribution in [3.8, 4) is 0 Å². The standard InChI is InChI=1S/C13H20N2/c1-3-14-13-6-4-5-12(13)11-8-7-10(2)15-9-11/h7-9,12-14H,3-6H2,1-2H3. The molecular weight excluding hydrogens is 184 g/mol. The first-order valence-electron chi connectivity index (χ1n) is 5.97. The maximum atomic E-state index is 4.39. The summed E-state index contributed by atoms with van der Waals surface area (Å²) < 4.78 is 0. The molecule has 0 amide bonds. The fourth-order valence-electron chi connectivity index (χ4n) is 2.56. The Morgan fingerprint density at radius 1 is 1.40 bits per heavy atom.